The van der Waals surface area contributed by atoms with Gasteiger partial charge in [0.05, 0.1) is 6.61 Å². The monoisotopic (exact) mass is 501 g/mol. The third-order valence-corrected chi connectivity index (χ3v) is 6.11. The van der Waals surface area contributed by atoms with Gasteiger partial charge in [0.2, 0.25) is 5.89 Å². The summed E-state index contributed by atoms with van der Waals surface area (Å²) >= 11 is 5.32. The minimum atomic E-state index is -0.289. The zero-order valence-electron chi connectivity index (χ0n) is 21.0. The Balaban J connectivity index is 1.36. The van der Waals surface area contributed by atoms with Crippen LogP contribution in [0.25, 0.3) is 22.6 Å². The number of ether oxygens (including phenoxy) is 1. The van der Waals surface area contributed by atoms with Crippen molar-refractivity contribution in [3.05, 3.63) is 77.9 Å². The highest BCUT2D eigenvalue weighted by Gasteiger charge is 2.12. The molecule has 0 spiro atoms. The smallest absolute Gasteiger partial charge is 0.257 e. The molecule has 6 nitrogen and oxygen atoms in total. The number of oxazole rings is 1. The van der Waals surface area contributed by atoms with E-state index in [4.69, 9.17) is 21.4 Å². The minimum absolute atomic E-state index is 0.215. The van der Waals surface area contributed by atoms with Crippen LogP contribution in [0.2, 0.25) is 0 Å². The summed E-state index contributed by atoms with van der Waals surface area (Å²) < 4.78 is 11.6. The van der Waals surface area contributed by atoms with Crippen LogP contribution in [0.5, 0.6) is 5.75 Å². The van der Waals surface area contributed by atoms with E-state index in [1.165, 1.54) is 5.56 Å². The number of anilines is 1. The van der Waals surface area contributed by atoms with Crippen molar-refractivity contribution in [3.8, 4) is 17.2 Å². The van der Waals surface area contributed by atoms with Gasteiger partial charge in [-0.1, -0.05) is 33.8 Å². The number of fused-ring (bicyclic) bond motifs is 1. The Bertz CT molecular complexity index is 1340. The number of rotatable bonds is 8. The summed E-state index contributed by atoms with van der Waals surface area (Å²) in [5.74, 6) is 1.92. The molecule has 36 heavy (non-hydrogen) atoms. The van der Waals surface area contributed by atoms with Gasteiger partial charge in [-0.3, -0.25) is 10.1 Å². The van der Waals surface area contributed by atoms with Crippen molar-refractivity contribution in [2.45, 2.75) is 40.0 Å². The molecular weight excluding hydrogens is 470 g/mol. The molecule has 1 unspecified atom stereocenters. The predicted octanol–water partition coefficient (Wildman–Crippen LogP) is 7.17. The van der Waals surface area contributed by atoms with Crippen molar-refractivity contribution in [2.75, 3.05) is 11.9 Å². The van der Waals surface area contributed by atoms with E-state index in [2.05, 4.69) is 55.4 Å². The molecule has 1 atom stereocenters. The number of carbonyl (C=O) groups is 1. The quantitative estimate of drug-likeness (QED) is 0.249. The van der Waals surface area contributed by atoms with Crippen molar-refractivity contribution in [2.24, 2.45) is 5.92 Å². The summed E-state index contributed by atoms with van der Waals surface area (Å²) in [6.45, 7) is 9.19. The largest absolute Gasteiger partial charge is 0.493 e. The number of hydrogen-bond donors (Lipinski definition) is 2. The average Bonchev–Trinajstić information content (AvgIpc) is 3.31. The fourth-order valence-electron chi connectivity index (χ4n) is 3.61. The summed E-state index contributed by atoms with van der Waals surface area (Å²) in [5, 5.41) is 5.96. The summed E-state index contributed by atoms with van der Waals surface area (Å²) in [6, 6.07) is 20.7. The van der Waals surface area contributed by atoms with Crippen LogP contribution in [-0.2, 0) is 0 Å². The molecule has 0 saturated carbocycles. The second-order valence-electron chi connectivity index (χ2n) is 9.27. The molecule has 2 N–H and O–H groups in total. The Morgan fingerprint density at radius 2 is 1.75 bits per heavy atom. The second-order valence-corrected chi connectivity index (χ2v) is 9.68. The van der Waals surface area contributed by atoms with E-state index in [9.17, 15) is 4.79 Å². The van der Waals surface area contributed by atoms with Gasteiger partial charge in [-0.25, -0.2) is 4.98 Å². The predicted molar refractivity (Wildman–Crippen MR) is 149 cm³/mol. The molecule has 0 aliphatic carbocycles. The van der Waals surface area contributed by atoms with Gasteiger partial charge in [0.25, 0.3) is 5.91 Å². The maximum Gasteiger partial charge on any atom is 0.257 e. The third kappa shape index (κ3) is 6.29. The normalized spacial score (nSPS) is 11.9. The van der Waals surface area contributed by atoms with E-state index < -0.39 is 0 Å². The molecule has 4 aromatic rings. The number of carbonyl (C=O) groups excluding carboxylic acids is 1. The van der Waals surface area contributed by atoms with Crippen LogP contribution in [0.3, 0.4) is 0 Å². The molecule has 1 amide bonds. The Hall–Kier alpha value is -3.71. The van der Waals surface area contributed by atoms with Crippen molar-refractivity contribution >= 4 is 40.0 Å². The lowest BCUT2D eigenvalue weighted by Crippen LogP contribution is -2.34. The van der Waals surface area contributed by atoms with Gasteiger partial charge in [0, 0.05) is 16.8 Å². The molecular formula is C29H31N3O3S. The topological polar surface area (TPSA) is 76.4 Å². The first-order valence-corrected chi connectivity index (χ1v) is 12.6. The first kappa shape index (κ1) is 25.4. The maximum atomic E-state index is 12.5. The van der Waals surface area contributed by atoms with Crippen LogP contribution >= 0.6 is 12.2 Å². The van der Waals surface area contributed by atoms with E-state index in [0.717, 1.165) is 34.5 Å². The van der Waals surface area contributed by atoms with Crippen LogP contribution in [-0.4, -0.2) is 22.6 Å². The van der Waals surface area contributed by atoms with Gasteiger partial charge in [0.1, 0.15) is 11.3 Å². The van der Waals surface area contributed by atoms with Crippen LogP contribution in [0.4, 0.5) is 5.69 Å². The molecule has 0 saturated heterocycles. The molecule has 3 aromatic carbocycles. The molecule has 0 aliphatic heterocycles. The van der Waals surface area contributed by atoms with E-state index in [1.54, 1.807) is 24.3 Å². The summed E-state index contributed by atoms with van der Waals surface area (Å²) in [7, 11) is 0. The highest BCUT2D eigenvalue weighted by atomic mass is 32.1. The van der Waals surface area contributed by atoms with Crippen molar-refractivity contribution < 1.29 is 13.9 Å². The molecule has 186 valence electrons. The SMILES string of the molecule is CCC(C)c1ccc2oc(-c3ccc(NC(=S)NC(=O)c4ccc(OCC(C)C)cc4)cc3)nc2c1. The highest BCUT2D eigenvalue weighted by Crippen LogP contribution is 2.28. The average molecular weight is 502 g/mol. The van der Waals surface area contributed by atoms with Gasteiger partial charge >= 0.3 is 0 Å². The van der Waals surface area contributed by atoms with Crippen molar-refractivity contribution in [1.82, 2.24) is 10.3 Å². The Morgan fingerprint density at radius 3 is 2.42 bits per heavy atom. The van der Waals surface area contributed by atoms with Crippen LogP contribution in [0, 0.1) is 5.92 Å². The lowest BCUT2D eigenvalue weighted by Gasteiger charge is -2.11. The van der Waals surface area contributed by atoms with Gasteiger partial charge < -0.3 is 14.5 Å². The maximum absolute atomic E-state index is 12.5. The Morgan fingerprint density at radius 1 is 1.03 bits per heavy atom. The van der Waals surface area contributed by atoms with Gasteiger partial charge in [-0.15, -0.1) is 0 Å². The second kappa shape index (κ2) is 11.4. The van der Waals surface area contributed by atoms with Gasteiger partial charge in [-0.2, -0.15) is 0 Å². The summed E-state index contributed by atoms with van der Waals surface area (Å²) in [5.41, 5.74) is 4.98. The Kier molecular flexibility index (Phi) is 8.00. The minimum Gasteiger partial charge on any atom is -0.493 e. The highest BCUT2D eigenvalue weighted by molar-refractivity contribution is 7.80. The first-order valence-electron chi connectivity index (χ1n) is 12.2. The van der Waals surface area contributed by atoms with Crippen LogP contribution < -0.4 is 15.4 Å². The first-order chi connectivity index (χ1) is 17.3. The van der Waals surface area contributed by atoms with Crippen LogP contribution in [0.15, 0.2) is 71.1 Å². The number of benzene rings is 3. The molecule has 0 bridgehead atoms. The van der Waals surface area contributed by atoms with Gasteiger partial charge in [-0.05, 0) is 96.7 Å². The van der Waals surface area contributed by atoms with Crippen LogP contribution in [0.1, 0.15) is 56.0 Å². The number of hydrogen-bond acceptors (Lipinski definition) is 5. The summed E-state index contributed by atoms with van der Waals surface area (Å²) in [6.07, 6.45) is 1.08. The zero-order chi connectivity index (χ0) is 25.7. The van der Waals surface area contributed by atoms with Crippen molar-refractivity contribution in [1.29, 1.82) is 0 Å². The fourth-order valence-corrected chi connectivity index (χ4v) is 3.82. The fraction of sp³-hybridized carbons (Fsp3) is 0.276. The van der Waals surface area contributed by atoms with Gasteiger partial charge in [0.15, 0.2) is 10.7 Å². The summed E-state index contributed by atoms with van der Waals surface area (Å²) in [4.78, 5) is 17.2. The molecule has 0 fully saturated rings. The Labute approximate surface area is 217 Å². The number of nitrogens with one attached hydrogen (secondary N) is 2. The molecule has 7 heteroatoms. The lowest BCUT2D eigenvalue weighted by atomic mass is 9.98. The van der Waals surface area contributed by atoms with Crippen molar-refractivity contribution in [3.63, 3.8) is 0 Å². The molecule has 0 radical (unpaired) electrons. The molecule has 4 rings (SSSR count). The number of thiocarbonyl (C=S) groups is 1. The zero-order valence-corrected chi connectivity index (χ0v) is 21.8. The molecule has 0 aliphatic rings. The number of amides is 1. The number of nitrogens with zero attached hydrogens (tertiary/aromatic N) is 1. The third-order valence-electron chi connectivity index (χ3n) is 5.91. The number of aromatic nitrogens is 1. The van der Waals surface area contributed by atoms with E-state index in [-0.39, 0.29) is 11.0 Å². The van der Waals surface area contributed by atoms with E-state index in [1.807, 2.05) is 30.3 Å². The van der Waals surface area contributed by atoms with E-state index >= 15 is 0 Å². The molecule has 1 heterocycles. The standard InChI is InChI=1S/C29H31N3O3S/c1-5-19(4)22-10-15-26-25(16-22)31-28(35-26)21-6-11-23(12-7-21)30-29(36)32-27(33)20-8-13-24(14-9-20)34-17-18(2)3/h6-16,18-19H,5,17H2,1-4H3,(H2,30,32,33,36). The lowest BCUT2D eigenvalue weighted by molar-refractivity contribution is 0.0977. The van der Waals surface area contributed by atoms with E-state index in [0.29, 0.717) is 29.9 Å². The molecule has 1 aromatic heterocycles.